The number of hydrogen-bond donors (Lipinski definition) is 6. The molecule has 0 bridgehead atoms. The number of β-amino-alcohol motifs (C(OH)–C–C–N with tert-alkyl or cyclic N) is 1. The van der Waals surface area contributed by atoms with Gasteiger partial charge in [-0.25, -0.2) is 0 Å². The van der Waals surface area contributed by atoms with Crippen molar-refractivity contribution in [2.75, 3.05) is 98.2 Å². The first-order valence-corrected chi connectivity index (χ1v) is 9.92. The molecule has 0 atom stereocenters. The van der Waals surface area contributed by atoms with Crippen molar-refractivity contribution in [2.24, 2.45) is 5.73 Å². The van der Waals surface area contributed by atoms with Gasteiger partial charge in [0.1, 0.15) is 0 Å². The maximum atomic E-state index is 11.3. The van der Waals surface area contributed by atoms with Crippen LogP contribution in [0.15, 0.2) is 0 Å². The lowest BCUT2D eigenvalue weighted by Gasteiger charge is -2.38. The van der Waals surface area contributed by atoms with Crippen LogP contribution in [-0.4, -0.2) is 119 Å². The van der Waals surface area contributed by atoms with Crippen molar-refractivity contribution in [3.05, 3.63) is 0 Å². The second kappa shape index (κ2) is 12.1. The van der Waals surface area contributed by atoms with Crippen molar-refractivity contribution in [1.29, 1.82) is 0 Å². The van der Waals surface area contributed by atoms with Gasteiger partial charge in [-0.15, -0.1) is 0 Å². The summed E-state index contributed by atoms with van der Waals surface area (Å²) in [5, 5.41) is 25.1. The first-order chi connectivity index (χ1) is 12.2. The van der Waals surface area contributed by atoms with Gasteiger partial charge in [0, 0.05) is 91.6 Å². The number of nitrogens with zero attached hydrogens (tertiary/aromatic N) is 2. The average Bonchev–Trinajstić information content (AvgIpc) is 2.78. The van der Waals surface area contributed by atoms with Gasteiger partial charge in [-0.3, -0.25) is 9.80 Å². The van der Waals surface area contributed by atoms with Crippen LogP contribution in [-0.2, 0) is 0 Å². The average molecular weight is 358 g/mol. The normalized spacial score (nSPS) is 23.8. The van der Waals surface area contributed by atoms with Gasteiger partial charge in [0.15, 0.2) is 0 Å². The summed E-state index contributed by atoms with van der Waals surface area (Å²) in [5.74, 6) is 0. The Morgan fingerprint density at radius 3 is 1.36 bits per heavy atom. The van der Waals surface area contributed by atoms with E-state index in [1.807, 2.05) is 0 Å². The minimum absolute atomic E-state index is 0.519. The first kappa shape index (κ1) is 21.0. The molecule has 0 aromatic rings. The van der Waals surface area contributed by atoms with E-state index in [9.17, 15) is 5.11 Å². The topological polar surface area (TPSA) is 101 Å². The third kappa shape index (κ3) is 8.74. The molecule has 8 nitrogen and oxygen atoms in total. The van der Waals surface area contributed by atoms with Crippen LogP contribution in [0.3, 0.4) is 0 Å². The Morgan fingerprint density at radius 1 is 0.680 bits per heavy atom. The molecule has 2 saturated heterocycles. The maximum absolute atomic E-state index is 11.3. The summed E-state index contributed by atoms with van der Waals surface area (Å²) in [6, 6.07) is 0. The van der Waals surface area contributed by atoms with Crippen LogP contribution in [0.4, 0.5) is 0 Å². The molecule has 7 N–H and O–H groups in total. The number of nitrogens with two attached hydrogens (primary N) is 1. The predicted octanol–water partition coefficient (Wildman–Crippen LogP) is -2.94. The number of aliphatic hydroxyl groups is 1. The summed E-state index contributed by atoms with van der Waals surface area (Å²) >= 11 is 0. The summed E-state index contributed by atoms with van der Waals surface area (Å²) in [7, 11) is 0. The van der Waals surface area contributed by atoms with Crippen molar-refractivity contribution in [2.45, 2.75) is 12.0 Å². The fourth-order valence-corrected chi connectivity index (χ4v) is 3.65. The molecule has 2 aliphatic rings. The fourth-order valence-electron chi connectivity index (χ4n) is 3.65. The van der Waals surface area contributed by atoms with E-state index < -0.39 is 5.60 Å². The minimum Gasteiger partial charge on any atom is -0.387 e. The van der Waals surface area contributed by atoms with Gasteiger partial charge in [-0.2, -0.15) is 0 Å². The molecule has 2 heterocycles. The Hall–Kier alpha value is -0.320. The van der Waals surface area contributed by atoms with E-state index in [0.29, 0.717) is 26.1 Å². The second-order valence-corrected chi connectivity index (χ2v) is 7.32. The lowest BCUT2D eigenvalue weighted by molar-refractivity contribution is -0.0280. The SMILES string of the molecule is NCCC(O)(CN1CCNCCNCC1)CN1CCNCCNCC1. The van der Waals surface area contributed by atoms with E-state index in [4.69, 9.17) is 5.73 Å². The predicted molar refractivity (Wildman–Crippen MR) is 103 cm³/mol. The molecule has 0 spiro atoms. The molecule has 0 aromatic heterocycles. The quantitative estimate of drug-likeness (QED) is 0.300. The van der Waals surface area contributed by atoms with Crippen LogP contribution in [0.5, 0.6) is 0 Å². The highest BCUT2D eigenvalue weighted by Crippen LogP contribution is 2.14. The van der Waals surface area contributed by atoms with Gasteiger partial charge >= 0.3 is 0 Å². The zero-order valence-corrected chi connectivity index (χ0v) is 15.7. The Kier molecular flexibility index (Phi) is 10.2. The van der Waals surface area contributed by atoms with Crippen LogP contribution in [0.2, 0.25) is 0 Å². The van der Waals surface area contributed by atoms with E-state index in [-0.39, 0.29) is 0 Å². The minimum atomic E-state index is -0.753. The van der Waals surface area contributed by atoms with E-state index >= 15 is 0 Å². The monoisotopic (exact) mass is 357 g/mol. The molecule has 0 unspecified atom stereocenters. The summed E-state index contributed by atoms with van der Waals surface area (Å²) in [6.45, 7) is 13.7. The van der Waals surface area contributed by atoms with Crippen LogP contribution >= 0.6 is 0 Å². The summed E-state index contributed by atoms with van der Waals surface area (Å²) in [5.41, 5.74) is 5.09. The Bertz CT molecular complexity index is 299. The van der Waals surface area contributed by atoms with Crippen LogP contribution in [0.25, 0.3) is 0 Å². The number of rotatable bonds is 6. The lowest BCUT2D eigenvalue weighted by atomic mass is 9.97. The van der Waals surface area contributed by atoms with Crippen molar-refractivity contribution in [3.8, 4) is 0 Å². The molecule has 0 amide bonds. The fraction of sp³-hybridized carbons (Fsp3) is 1.00. The van der Waals surface area contributed by atoms with Gasteiger partial charge < -0.3 is 32.1 Å². The van der Waals surface area contributed by atoms with Crippen LogP contribution < -0.4 is 27.0 Å². The van der Waals surface area contributed by atoms with Gasteiger partial charge in [0.25, 0.3) is 0 Å². The molecule has 0 saturated carbocycles. The van der Waals surface area contributed by atoms with Crippen LogP contribution in [0, 0.1) is 0 Å². The first-order valence-electron chi connectivity index (χ1n) is 9.92. The zero-order chi connectivity index (χ0) is 17.8. The van der Waals surface area contributed by atoms with Crippen LogP contribution in [0.1, 0.15) is 6.42 Å². The molecular weight excluding hydrogens is 318 g/mol. The molecular formula is C17H39N7O. The van der Waals surface area contributed by atoms with E-state index in [0.717, 1.165) is 78.5 Å². The van der Waals surface area contributed by atoms with E-state index in [1.165, 1.54) is 0 Å². The van der Waals surface area contributed by atoms with E-state index in [1.54, 1.807) is 0 Å². The molecule has 2 fully saturated rings. The van der Waals surface area contributed by atoms with Gasteiger partial charge in [0.2, 0.25) is 0 Å². The lowest BCUT2D eigenvalue weighted by Crippen LogP contribution is -2.54. The number of hydrogen-bond acceptors (Lipinski definition) is 8. The number of nitrogens with one attached hydrogen (secondary N) is 4. The highest BCUT2D eigenvalue weighted by atomic mass is 16.3. The molecule has 148 valence electrons. The molecule has 25 heavy (non-hydrogen) atoms. The molecule has 2 aliphatic heterocycles. The highest BCUT2D eigenvalue weighted by molar-refractivity contribution is 4.88. The highest BCUT2D eigenvalue weighted by Gasteiger charge is 2.31. The molecule has 2 rings (SSSR count). The summed E-state index contributed by atoms with van der Waals surface area (Å²) in [6.07, 6.45) is 0.641. The summed E-state index contributed by atoms with van der Waals surface area (Å²) < 4.78 is 0. The largest absolute Gasteiger partial charge is 0.387 e. The van der Waals surface area contributed by atoms with Crippen molar-refractivity contribution in [3.63, 3.8) is 0 Å². The zero-order valence-electron chi connectivity index (χ0n) is 15.7. The Balaban J connectivity index is 1.91. The Labute approximate surface area is 152 Å². The van der Waals surface area contributed by atoms with Gasteiger partial charge in [-0.1, -0.05) is 0 Å². The molecule has 0 radical (unpaired) electrons. The third-order valence-electron chi connectivity index (χ3n) is 5.02. The van der Waals surface area contributed by atoms with Crippen molar-refractivity contribution >= 4 is 0 Å². The van der Waals surface area contributed by atoms with Crippen molar-refractivity contribution < 1.29 is 5.11 Å². The molecule has 0 aromatic carbocycles. The smallest absolute Gasteiger partial charge is 0.0912 e. The van der Waals surface area contributed by atoms with E-state index in [2.05, 4.69) is 31.1 Å². The third-order valence-corrected chi connectivity index (χ3v) is 5.02. The summed E-state index contributed by atoms with van der Waals surface area (Å²) in [4.78, 5) is 4.74. The molecule has 0 aliphatic carbocycles. The second-order valence-electron chi connectivity index (χ2n) is 7.32. The van der Waals surface area contributed by atoms with Crippen molar-refractivity contribution in [1.82, 2.24) is 31.1 Å². The van der Waals surface area contributed by atoms with Gasteiger partial charge in [0.05, 0.1) is 5.60 Å². The van der Waals surface area contributed by atoms with Gasteiger partial charge in [-0.05, 0) is 13.0 Å². The maximum Gasteiger partial charge on any atom is 0.0912 e. The Morgan fingerprint density at radius 2 is 1.04 bits per heavy atom. The standard InChI is InChI=1S/C17H39N7O/c18-2-1-17(25,15-23-11-7-19-3-4-20-8-12-23)16-24-13-9-21-5-6-22-10-14-24/h19-22,25H,1-16,18H2. The molecule has 8 heteroatoms.